The lowest BCUT2D eigenvalue weighted by Gasteiger charge is -2.13. The van der Waals surface area contributed by atoms with Gasteiger partial charge in [-0.05, 0) is 42.8 Å². The molecule has 24 heavy (non-hydrogen) atoms. The molecular formula is C19H18N4O. The first-order valence-electron chi connectivity index (χ1n) is 7.84. The summed E-state index contributed by atoms with van der Waals surface area (Å²) in [5.74, 6) is 1.63. The maximum Gasteiger partial charge on any atom is 0.154 e. The van der Waals surface area contributed by atoms with Gasteiger partial charge in [-0.25, -0.2) is 9.97 Å². The molecule has 0 amide bonds. The van der Waals surface area contributed by atoms with Crippen LogP contribution in [0.2, 0.25) is 0 Å². The van der Waals surface area contributed by atoms with Crippen LogP contribution >= 0.6 is 0 Å². The van der Waals surface area contributed by atoms with Gasteiger partial charge in [0.1, 0.15) is 17.8 Å². The van der Waals surface area contributed by atoms with Crippen molar-refractivity contribution in [2.45, 2.75) is 13.5 Å². The second-order valence-corrected chi connectivity index (χ2v) is 5.81. The lowest BCUT2D eigenvalue weighted by atomic mass is 10.1. The van der Waals surface area contributed by atoms with Crippen molar-refractivity contribution in [1.29, 1.82) is 0 Å². The third-order valence-corrected chi connectivity index (χ3v) is 4.18. The second-order valence-electron chi connectivity index (χ2n) is 5.81. The Morgan fingerprint density at radius 1 is 1.04 bits per heavy atom. The van der Waals surface area contributed by atoms with Gasteiger partial charge in [-0.2, -0.15) is 0 Å². The number of nitrogens with zero attached hydrogens (tertiary/aromatic N) is 2. The molecule has 4 rings (SSSR count). The number of anilines is 3. The highest BCUT2D eigenvalue weighted by molar-refractivity contribution is 5.87. The Kier molecular flexibility index (Phi) is 3.54. The summed E-state index contributed by atoms with van der Waals surface area (Å²) in [4.78, 5) is 8.89. The Labute approximate surface area is 140 Å². The van der Waals surface area contributed by atoms with Gasteiger partial charge in [0.2, 0.25) is 0 Å². The molecule has 120 valence electrons. The van der Waals surface area contributed by atoms with E-state index in [9.17, 15) is 0 Å². The summed E-state index contributed by atoms with van der Waals surface area (Å²) in [5, 5.41) is 6.91. The van der Waals surface area contributed by atoms with Crippen LogP contribution < -0.4 is 15.4 Å². The van der Waals surface area contributed by atoms with Crippen molar-refractivity contribution in [2.75, 3.05) is 17.7 Å². The zero-order valence-electron chi connectivity index (χ0n) is 13.6. The fourth-order valence-corrected chi connectivity index (χ4v) is 2.91. The normalized spacial score (nSPS) is 12.2. The molecule has 1 aliphatic heterocycles. The summed E-state index contributed by atoms with van der Waals surface area (Å²) in [7, 11) is 1.66. The first-order chi connectivity index (χ1) is 11.7. The van der Waals surface area contributed by atoms with Crippen LogP contribution in [0.4, 0.5) is 17.2 Å². The van der Waals surface area contributed by atoms with Crippen molar-refractivity contribution in [3.05, 3.63) is 59.9 Å². The zero-order chi connectivity index (χ0) is 16.5. The quantitative estimate of drug-likeness (QED) is 0.744. The second kappa shape index (κ2) is 5.85. The summed E-state index contributed by atoms with van der Waals surface area (Å²) in [6.45, 7) is 2.83. The lowest BCUT2D eigenvalue weighted by Crippen LogP contribution is -2.01. The minimum absolute atomic E-state index is 0.732. The summed E-state index contributed by atoms with van der Waals surface area (Å²) < 4.78 is 5.23. The minimum Gasteiger partial charge on any atom is -0.497 e. The van der Waals surface area contributed by atoms with Gasteiger partial charge in [0.05, 0.1) is 12.8 Å². The van der Waals surface area contributed by atoms with Crippen LogP contribution in [0.5, 0.6) is 5.75 Å². The average molecular weight is 318 g/mol. The number of ether oxygens (including phenoxy) is 1. The van der Waals surface area contributed by atoms with Crippen molar-refractivity contribution in [3.8, 4) is 17.0 Å². The smallest absolute Gasteiger partial charge is 0.154 e. The van der Waals surface area contributed by atoms with Crippen LogP contribution in [0.25, 0.3) is 11.3 Å². The molecule has 5 heteroatoms. The molecule has 2 N–H and O–H groups in total. The summed E-state index contributed by atoms with van der Waals surface area (Å²) >= 11 is 0. The number of benzene rings is 2. The summed E-state index contributed by atoms with van der Waals surface area (Å²) in [5.41, 5.74) is 6.31. The van der Waals surface area contributed by atoms with Crippen molar-refractivity contribution in [3.63, 3.8) is 0 Å². The number of methoxy groups -OCH3 is 1. The van der Waals surface area contributed by atoms with Crippen LogP contribution in [0, 0.1) is 6.92 Å². The van der Waals surface area contributed by atoms with Crippen molar-refractivity contribution >= 4 is 17.2 Å². The molecule has 2 heterocycles. The molecule has 5 nitrogen and oxygen atoms in total. The highest BCUT2D eigenvalue weighted by Crippen LogP contribution is 2.37. The van der Waals surface area contributed by atoms with Gasteiger partial charge in [-0.3, -0.25) is 0 Å². The van der Waals surface area contributed by atoms with Crippen molar-refractivity contribution in [1.82, 2.24) is 9.97 Å². The maximum atomic E-state index is 5.23. The monoisotopic (exact) mass is 318 g/mol. The van der Waals surface area contributed by atoms with E-state index in [4.69, 9.17) is 4.74 Å². The number of nitrogens with one attached hydrogen (secondary N) is 2. The fraction of sp³-hybridized carbons (Fsp3) is 0.158. The lowest BCUT2D eigenvalue weighted by molar-refractivity contribution is 0.415. The highest BCUT2D eigenvalue weighted by Gasteiger charge is 2.18. The summed E-state index contributed by atoms with van der Waals surface area (Å²) in [6.07, 6.45) is 1.59. The first kappa shape index (κ1) is 14.5. The van der Waals surface area contributed by atoms with Crippen molar-refractivity contribution in [2.24, 2.45) is 0 Å². The minimum atomic E-state index is 0.732. The van der Waals surface area contributed by atoms with E-state index in [1.807, 2.05) is 24.3 Å². The standard InChI is InChI=1S/C19H18N4O/c1-12-3-8-16-14(9-12)10-20-19-18(23-16)17(21-11-22-19)13-4-6-15(24-2)7-5-13/h3-9,11,23H,10H2,1-2H3,(H,20,21,22). The molecule has 0 unspecified atom stereocenters. The zero-order valence-corrected chi connectivity index (χ0v) is 13.6. The number of aromatic nitrogens is 2. The van der Waals surface area contributed by atoms with Gasteiger partial charge in [0.25, 0.3) is 0 Å². The molecule has 0 atom stereocenters. The van der Waals surface area contributed by atoms with Crippen molar-refractivity contribution < 1.29 is 4.74 Å². The van der Waals surface area contributed by atoms with Gasteiger partial charge < -0.3 is 15.4 Å². The van der Waals surface area contributed by atoms with Gasteiger partial charge >= 0.3 is 0 Å². The average Bonchev–Trinajstić information content (AvgIpc) is 2.80. The van der Waals surface area contributed by atoms with E-state index < -0.39 is 0 Å². The number of rotatable bonds is 2. The number of fused-ring (bicyclic) bond motifs is 2. The number of hydrogen-bond acceptors (Lipinski definition) is 5. The van der Waals surface area contributed by atoms with Gasteiger partial charge in [-0.15, -0.1) is 0 Å². The van der Waals surface area contributed by atoms with Crippen LogP contribution in [0.1, 0.15) is 11.1 Å². The SMILES string of the molecule is COc1ccc(-c2ncnc3c2Nc2ccc(C)cc2CN3)cc1. The topological polar surface area (TPSA) is 59.1 Å². The Hall–Kier alpha value is -3.08. The predicted molar refractivity (Wildman–Crippen MR) is 95.8 cm³/mol. The molecule has 0 fully saturated rings. The molecule has 0 saturated heterocycles. The largest absolute Gasteiger partial charge is 0.497 e. The molecule has 0 saturated carbocycles. The van der Waals surface area contributed by atoms with Gasteiger partial charge in [0, 0.05) is 17.8 Å². The Morgan fingerprint density at radius 2 is 1.88 bits per heavy atom. The maximum absolute atomic E-state index is 5.23. The van der Waals surface area contributed by atoms with E-state index in [-0.39, 0.29) is 0 Å². The molecule has 3 aromatic rings. The van der Waals surface area contributed by atoms with Crippen LogP contribution in [-0.4, -0.2) is 17.1 Å². The van der Waals surface area contributed by atoms with Crippen LogP contribution in [0.3, 0.4) is 0 Å². The molecule has 1 aromatic heterocycles. The Bertz CT molecular complexity index is 890. The Balaban J connectivity index is 1.81. The molecule has 2 aromatic carbocycles. The third kappa shape index (κ3) is 2.54. The van der Waals surface area contributed by atoms with E-state index in [0.717, 1.165) is 40.7 Å². The Morgan fingerprint density at radius 3 is 2.67 bits per heavy atom. The van der Waals surface area contributed by atoms with E-state index >= 15 is 0 Å². The molecule has 0 bridgehead atoms. The van der Waals surface area contributed by atoms with Crippen LogP contribution in [-0.2, 0) is 6.54 Å². The number of hydrogen-bond donors (Lipinski definition) is 2. The van der Waals surface area contributed by atoms with E-state index in [1.54, 1.807) is 13.4 Å². The first-order valence-corrected chi connectivity index (χ1v) is 7.84. The number of aryl methyl sites for hydroxylation is 1. The predicted octanol–water partition coefficient (Wildman–Crippen LogP) is 4.13. The molecule has 0 aliphatic carbocycles. The molecule has 0 radical (unpaired) electrons. The molecule has 0 spiro atoms. The van der Waals surface area contributed by atoms with E-state index in [1.165, 1.54) is 11.1 Å². The third-order valence-electron chi connectivity index (χ3n) is 4.18. The van der Waals surface area contributed by atoms with Gasteiger partial charge in [0.15, 0.2) is 5.82 Å². The van der Waals surface area contributed by atoms with Crippen LogP contribution in [0.15, 0.2) is 48.8 Å². The molecule has 1 aliphatic rings. The molecular weight excluding hydrogens is 300 g/mol. The van der Waals surface area contributed by atoms with E-state index in [2.05, 4.69) is 45.7 Å². The van der Waals surface area contributed by atoms with Gasteiger partial charge in [-0.1, -0.05) is 17.7 Å². The summed E-state index contributed by atoms with van der Waals surface area (Å²) in [6, 6.07) is 14.3. The fourth-order valence-electron chi connectivity index (χ4n) is 2.91. The highest BCUT2D eigenvalue weighted by atomic mass is 16.5. The van der Waals surface area contributed by atoms with E-state index in [0.29, 0.717) is 0 Å².